The molecule has 6 nitrogen and oxygen atoms in total. The summed E-state index contributed by atoms with van der Waals surface area (Å²) in [7, 11) is 0. The van der Waals surface area contributed by atoms with Crippen LogP contribution in [0.15, 0.2) is 46.2 Å². The Morgan fingerprint density at radius 1 is 1.12 bits per heavy atom. The molecule has 6 heteroatoms. The lowest BCUT2D eigenvalue weighted by Gasteiger charge is -2.16. The first-order valence-electron chi connectivity index (χ1n) is 8.53. The van der Waals surface area contributed by atoms with E-state index in [0.717, 1.165) is 47.9 Å². The second-order valence-electron chi connectivity index (χ2n) is 6.69. The molecule has 122 valence electrons. The van der Waals surface area contributed by atoms with E-state index >= 15 is 0 Å². The molecule has 0 aliphatic carbocycles. The van der Waals surface area contributed by atoms with E-state index in [0.29, 0.717) is 12.1 Å². The number of aromatic nitrogens is 1. The molecule has 1 aromatic heterocycles. The van der Waals surface area contributed by atoms with Crippen molar-refractivity contribution in [3.05, 3.63) is 46.9 Å². The largest absolute Gasteiger partial charge is 0.355 e. The van der Waals surface area contributed by atoms with Gasteiger partial charge in [-0.25, -0.2) is 21.0 Å². The molecule has 1 fully saturated rings. The van der Waals surface area contributed by atoms with Gasteiger partial charge in [0.2, 0.25) is 0 Å². The van der Waals surface area contributed by atoms with Gasteiger partial charge in [-0.2, -0.15) is 0 Å². The molecule has 24 heavy (non-hydrogen) atoms. The van der Waals surface area contributed by atoms with E-state index in [-0.39, 0.29) is 0 Å². The number of hydrogen-bond donors (Lipinski definition) is 3. The van der Waals surface area contributed by atoms with Crippen LogP contribution in [0.25, 0.3) is 12.2 Å². The molecule has 0 amide bonds. The van der Waals surface area contributed by atoms with E-state index in [1.54, 1.807) is 0 Å². The van der Waals surface area contributed by atoms with Crippen molar-refractivity contribution >= 4 is 23.6 Å². The summed E-state index contributed by atoms with van der Waals surface area (Å²) in [6, 6.07) is 5.01. The molecular weight excluding hydrogens is 300 g/mol. The second-order valence-corrected chi connectivity index (χ2v) is 6.69. The topological polar surface area (TPSA) is 67.8 Å². The summed E-state index contributed by atoms with van der Waals surface area (Å²) in [6.07, 6.45) is 13.6. The third-order valence-electron chi connectivity index (χ3n) is 4.77. The van der Waals surface area contributed by atoms with E-state index in [1.165, 1.54) is 5.71 Å². The van der Waals surface area contributed by atoms with Crippen LogP contribution in [0.5, 0.6) is 0 Å². The zero-order valence-electron chi connectivity index (χ0n) is 13.4. The molecule has 0 aromatic carbocycles. The van der Waals surface area contributed by atoms with Crippen molar-refractivity contribution in [2.24, 2.45) is 9.98 Å². The van der Waals surface area contributed by atoms with E-state index in [4.69, 9.17) is 4.99 Å². The maximum absolute atomic E-state index is 4.90. The lowest BCUT2D eigenvalue weighted by Crippen LogP contribution is -2.36. The molecule has 4 aliphatic heterocycles. The van der Waals surface area contributed by atoms with Gasteiger partial charge in [-0.15, -0.1) is 0 Å². The standard InChI is InChI=1S/C18H20N6/c1-2-14-8-15-5-6-17(22-15)11-24-19-10-18(23-24)9-16-4-3-13(21-16)7-12(1)20-14/h1-2,5-8,11,16,18-20,23H,3-4,9-10H2. The first kappa shape index (κ1) is 13.9. The molecular formula is C18H20N6. The highest BCUT2D eigenvalue weighted by atomic mass is 15.8. The smallest absolute Gasteiger partial charge is 0.0827 e. The molecule has 0 saturated carbocycles. The molecule has 5 rings (SSSR count). The number of hydrogen-bond acceptors (Lipinski definition) is 5. The molecule has 0 radical (unpaired) electrons. The van der Waals surface area contributed by atoms with E-state index in [9.17, 15) is 0 Å². The van der Waals surface area contributed by atoms with Crippen LogP contribution in [-0.4, -0.2) is 40.2 Å². The summed E-state index contributed by atoms with van der Waals surface area (Å²) in [4.78, 5) is 13.0. The van der Waals surface area contributed by atoms with Crippen molar-refractivity contribution in [2.45, 2.75) is 31.3 Å². The third kappa shape index (κ3) is 2.74. The second kappa shape index (κ2) is 5.58. The normalized spacial score (nSPS) is 28.2. The van der Waals surface area contributed by atoms with Gasteiger partial charge in [0.25, 0.3) is 0 Å². The summed E-state index contributed by atoms with van der Waals surface area (Å²) >= 11 is 0. The number of H-pyrrole nitrogens is 1. The van der Waals surface area contributed by atoms with Gasteiger partial charge in [0, 0.05) is 29.0 Å². The maximum Gasteiger partial charge on any atom is 0.0827 e. The number of fused-ring (bicyclic) bond motifs is 6. The molecule has 1 saturated heterocycles. The zero-order chi connectivity index (χ0) is 15.9. The molecule has 4 aliphatic rings. The zero-order valence-corrected chi connectivity index (χ0v) is 13.4. The van der Waals surface area contributed by atoms with Crippen molar-refractivity contribution in [3.63, 3.8) is 0 Å². The SMILES string of the molecule is C1=CC2=NC1=CN1NCC(CC3CCC(=N3)C=c3ccc([nH]3)=C2)N1. The Labute approximate surface area is 140 Å². The van der Waals surface area contributed by atoms with Crippen LogP contribution in [0.2, 0.25) is 0 Å². The van der Waals surface area contributed by atoms with Gasteiger partial charge >= 0.3 is 0 Å². The molecule has 2 atom stereocenters. The highest BCUT2D eigenvalue weighted by molar-refractivity contribution is 6.19. The number of hydrazine groups is 2. The Morgan fingerprint density at radius 3 is 3.00 bits per heavy atom. The minimum Gasteiger partial charge on any atom is -0.355 e. The molecule has 1 aromatic rings. The highest BCUT2D eigenvalue weighted by Crippen LogP contribution is 2.20. The Hall–Kier alpha value is -2.44. The average molecular weight is 320 g/mol. The summed E-state index contributed by atoms with van der Waals surface area (Å²) < 4.78 is 0. The molecule has 8 bridgehead atoms. The van der Waals surface area contributed by atoms with Crippen LogP contribution in [0.1, 0.15) is 19.3 Å². The van der Waals surface area contributed by atoms with Crippen molar-refractivity contribution in [1.82, 2.24) is 21.0 Å². The molecule has 0 spiro atoms. The fourth-order valence-electron chi connectivity index (χ4n) is 3.62. The van der Waals surface area contributed by atoms with Crippen LogP contribution in [0.3, 0.4) is 0 Å². The monoisotopic (exact) mass is 320 g/mol. The first-order valence-corrected chi connectivity index (χ1v) is 8.53. The summed E-state index contributed by atoms with van der Waals surface area (Å²) in [6.45, 7) is 0.918. The minimum atomic E-state index is 0.403. The van der Waals surface area contributed by atoms with Crippen molar-refractivity contribution in [2.75, 3.05) is 6.54 Å². The summed E-state index contributed by atoms with van der Waals surface area (Å²) in [5, 5.41) is 4.10. The van der Waals surface area contributed by atoms with Crippen LogP contribution in [0.4, 0.5) is 0 Å². The number of allylic oxidation sites excluding steroid dienone is 2. The van der Waals surface area contributed by atoms with Crippen molar-refractivity contribution in [1.29, 1.82) is 0 Å². The number of aliphatic imine (C=N–C) groups is 2. The predicted molar refractivity (Wildman–Crippen MR) is 95.5 cm³/mol. The van der Waals surface area contributed by atoms with Crippen molar-refractivity contribution < 1.29 is 0 Å². The van der Waals surface area contributed by atoms with Crippen molar-refractivity contribution in [3.8, 4) is 0 Å². The molecule has 3 N–H and O–H groups in total. The van der Waals surface area contributed by atoms with Gasteiger partial charge in [-0.3, -0.25) is 4.99 Å². The Bertz CT molecular complexity index is 900. The van der Waals surface area contributed by atoms with Crippen LogP contribution < -0.4 is 21.5 Å². The van der Waals surface area contributed by atoms with Gasteiger partial charge in [0.15, 0.2) is 0 Å². The molecule has 5 heterocycles. The average Bonchev–Trinajstić information content (AvgIpc) is 3.32. The fraction of sp³-hybridized carbons (Fsp3) is 0.333. The first-order chi connectivity index (χ1) is 11.8. The fourth-order valence-corrected chi connectivity index (χ4v) is 3.62. The lowest BCUT2D eigenvalue weighted by atomic mass is 10.1. The lowest BCUT2D eigenvalue weighted by molar-refractivity contribution is 0.253. The van der Waals surface area contributed by atoms with E-state index in [1.807, 2.05) is 23.5 Å². The number of nitrogens with one attached hydrogen (secondary N) is 3. The predicted octanol–water partition coefficient (Wildman–Crippen LogP) is 0.128. The van der Waals surface area contributed by atoms with Crippen LogP contribution in [-0.2, 0) is 0 Å². The minimum absolute atomic E-state index is 0.403. The van der Waals surface area contributed by atoms with Crippen LogP contribution in [0, 0.1) is 0 Å². The van der Waals surface area contributed by atoms with Gasteiger partial charge in [0.05, 0.1) is 23.7 Å². The number of rotatable bonds is 0. The Balaban J connectivity index is 1.57. The summed E-state index contributed by atoms with van der Waals surface area (Å²) in [5.41, 5.74) is 9.94. The van der Waals surface area contributed by atoms with Gasteiger partial charge in [0.1, 0.15) is 0 Å². The van der Waals surface area contributed by atoms with Gasteiger partial charge in [-0.05, 0) is 55.7 Å². The van der Waals surface area contributed by atoms with Gasteiger partial charge in [-0.1, -0.05) is 0 Å². The quantitative estimate of drug-likeness (QED) is 0.636. The van der Waals surface area contributed by atoms with Crippen LogP contribution >= 0.6 is 0 Å². The number of nitrogens with zero attached hydrogens (tertiary/aromatic N) is 3. The maximum atomic E-state index is 4.90. The van der Waals surface area contributed by atoms with E-state index < -0.39 is 0 Å². The third-order valence-corrected chi connectivity index (χ3v) is 4.77. The Kier molecular flexibility index (Phi) is 3.24. The Morgan fingerprint density at radius 2 is 2.04 bits per heavy atom. The highest BCUT2D eigenvalue weighted by Gasteiger charge is 2.25. The summed E-state index contributed by atoms with van der Waals surface area (Å²) in [5.74, 6) is 0. The number of aromatic amines is 1. The molecule has 2 unspecified atom stereocenters. The van der Waals surface area contributed by atoms with Gasteiger partial charge < -0.3 is 4.98 Å². The van der Waals surface area contributed by atoms with E-state index in [2.05, 4.69) is 45.1 Å².